The fourth-order valence-corrected chi connectivity index (χ4v) is 4.16. The summed E-state index contributed by atoms with van der Waals surface area (Å²) in [4.78, 5) is 34.1. The minimum atomic E-state index is -0.460. The summed E-state index contributed by atoms with van der Waals surface area (Å²) in [5, 5.41) is 15.3. The lowest BCUT2D eigenvalue weighted by Crippen LogP contribution is -2.29. The highest BCUT2D eigenvalue weighted by Gasteiger charge is 2.26. The number of benzene rings is 2. The third kappa shape index (κ3) is 5.96. The summed E-state index contributed by atoms with van der Waals surface area (Å²) in [5.41, 5.74) is 4.25. The van der Waals surface area contributed by atoms with Gasteiger partial charge in [-0.15, -0.1) is 0 Å². The Labute approximate surface area is 214 Å². The van der Waals surface area contributed by atoms with Gasteiger partial charge in [-0.2, -0.15) is 0 Å². The number of anilines is 2. The highest BCUT2D eigenvalue weighted by atomic mass is 16.5. The first-order valence-electron chi connectivity index (χ1n) is 12.0. The summed E-state index contributed by atoms with van der Waals surface area (Å²) in [7, 11) is 0. The van der Waals surface area contributed by atoms with Gasteiger partial charge in [-0.1, -0.05) is 12.1 Å². The van der Waals surface area contributed by atoms with E-state index in [4.69, 9.17) is 4.74 Å². The average molecular weight is 498 g/mol. The Morgan fingerprint density at radius 3 is 2.59 bits per heavy atom. The molecule has 0 aliphatic carbocycles. The topological polar surface area (TPSA) is 120 Å². The van der Waals surface area contributed by atoms with Gasteiger partial charge in [0.25, 0.3) is 5.91 Å². The third-order valence-corrected chi connectivity index (χ3v) is 6.01. The third-order valence-electron chi connectivity index (χ3n) is 6.01. The number of carbonyl (C=O) groups excluding carboxylic acids is 2. The molecule has 9 nitrogen and oxygen atoms in total. The van der Waals surface area contributed by atoms with E-state index in [1.807, 2.05) is 31.2 Å². The van der Waals surface area contributed by atoms with Crippen molar-refractivity contribution in [3.63, 3.8) is 0 Å². The molecule has 37 heavy (non-hydrogen) atoms. The molecule has 4 N–H and O–H groups in total. The van der Waals surface area contributed by atoms with Crippen molar-refractivity contribution in [2.45, 2.75) is 19.4 Å². The van der Waals surface area contributed by atoms with Crippen LogP contribution >= 0.6 is 0 Å². The van der Waals surface area contributed by atoms with Crippen LogP contribution in [0.1, 0.15) is 22.3 Å². The Kier molecular flexibility index (Phi) is 6.87. The van der Waals surface area contributed by atoms with Crippen LogP contribution in [0.5, 0.6) is 11.5 Å². The van der Waals surface area contributed by atoms with Gasteiger partial charge in [0.15, 0.2) is 0 Å². The summed E-state index contributed by atoms with van der Waals surface area (Å²) in [6.45, 7) is 2.87. The minimum Gasteiger partial charge on any atom is -0.457 e. The SMILES string of the molecule is Cc1cccc(NC(=O)Nc2ccc(Oc3ccnc(-c4cc(C(=O)N5CC[C@@H](O)C5)c[nH]4)c3)cc2)c1. The summed E-state index contributed by atoms with van der Waals surface area (Å²) in [6.07, 6.45) is 3.42. The quantitative estimate of drug-likeness (QED) is 0.298. The highest BCUT2D eigenvalue weighted by Crippen LogP contribution is 2.27. The standard InChI is InChI=1S/C28H27N5O4/c1-18-3-2-4-21(13-18)32-28(36)31-20-5-7-23(8-6-20)37-24-9-11-29-26(15-24)25-14-19(16-30-25)27(35)33-12-10-22(34)17-33/h2-9,11,13-16,22,30,34H,10,12,17H2,1H3,(H2,31,32,36)/t22-/m1/s1. The largest absolute Gasteiger partial charge is 0.457 e. The fraction of sp³-hybridized carbons (Fsp3) is 0.179. The van der Waals surface area contributed by atoms with Crippen molar-refractivity contribution in [3.8, 4) is 22.9 Å². The van der Waals surface area contributed by atoms with Crippen molar-refractivity contribution in [1.29, 1.82) is 0 Å². The number of ether oxygens (including phenoxy) is 1. The van der Waals surface area contributed by atoms with Gasteiger partial charge in [0.1, 0.15) is 11.5 Å². The number of H-pyrrole nitrogens is 1. The molecule has 4 aromatic rings. The maximum Gasteiger partial charge on any atom is 0.323 e. The van der Waals surface area contributed by atoms with Crippen LogP contribution in [0.25, 0.3) is 11.4 Å². The van der Waals surface area contributed by atoms with Crippen LogP contribution in [-0.4, -0.2) is 51.1 Å². The number of carbonyl (C=O) groups is 2. The number of β-amino-alcohol motifs (C(OH)–C–C–N with tert-alkyl or cyclic N) is 1. The minimum absolute atomic E-state index is 0.118. The van der Waals surface area contributed by atoms with Crippen LogP contribution < -0.4 is 15.4 Å². The second kappa shape index (κ2) is 10.5. The van der Waals surface area contributed by atoms with Crippen LogP contribution in [0.4, 0.5) is 16.2 Å². The predicted octanol–water partition coefficient (Wildman–Crippen LogP) is 5.03. The monoisotopic (exact) mass is 497 g/mol. The van der Waals surface area contributed by atoms with Gasteiger partial charge in [-0.05, 0) is 67.4 Å². The molecule has 0 radical (unpaired) electrons. The van der Waals surface area contributed by atoms with Gasteiger partial charge in [0.2, 0.25) is 0 Å². The molecule has 3 heterocycles. The number of amides is 3. The molecule has 2 aromatic carbocycles. The normalized spacial score (nSPS) is 14.9. The number of aliphatic hydroxyl groups is 1. The van der Waals surface area contributed by atoms with Crippen molar-refractivity contribution in [2.24, 2.45) is 0 Å². The molecular weight excluding hydrogens is 470 g/mol. The first kappa shape index (κ1) is 24.1. The van der Waals surface area contributed by atoms with Crippen molar-refractivity contribution in [1.82, 2.24) is 14.9 Å². The van der Waals surface area contributed by atoms with Crippen LogP contribution in [0.15, 0.2) is 79.1 Å². The van der Waals surface area contributed by atoms with Crippen molar-refractivity contribution < 1.29 is 19.4 Å². The van der Waals surface area contributed by atoms with Gasteiger partial charge in [0, 0.05) is 42.9 Å². The Morgan fingerprint density at radius 1 is 1.03 bits per heavy atom. The van der Waals surface area contributed by atoms with Crippen LogP contribution in [0.3, 0.4) is 0 Å². The summed E-state index contributed by atoms with van der Waals surface area (Å²) < 4.78 is 5.97. The number of rotatable bonds is 6. The number of aromatic nitrogens is 2. The van der Waals surface area contributed by atoms with E-state index in [9.17, 15) is 14.7 Å². The van der Waals surface area contributed by atoms with E-state index >= 15 is 0 Å². The molecule has 1 aliphatic rings. The number of hydrogen-bond acceptors (Lipinski definition) is 5. The molecule has 9 heteroatoms. The lowest BCUT2D eigenvalue weighted by atomic mass is 10.2. The molecule has 2 aromatic heterocycles. The van der Waals surface area contributed by atoms with Gasteiger partial charge in [-0.25, -0.2) is 4.79 Å². The van der Waals surface area contributed by atoms with E-state index in [0.29, 0.717) is 53.6 Å². The number of hydrogen-bond donors (Lipinski definition) is 4. The molecule has 0 unspecified atom stereocenters. The molecule has 0 spiro atoms. The fourth-order valence-electron chi connectivity index (χ4n) is 4.16. The Bertz CT molecular complexity index is 1420. The highest BCUT2D eigenvalue weighted by molar-refractivity contribution is 5.99. The number of urea groups is 1. The molecule has 1 fully saturated rings. The molecule has 1 saturated heterocycles. The summed E-state index contributed by atoms with van der Waals surface area (Å²) in [6, 6.07) is 19.5. The number of nitrogens with one attached hydrogen (secondary N) is 3. The number of pyridine rings is 1. The number of likely N-dealkylation sites (tertiary alicyclic amines) is 1. The van der Waals surface area contributed by atoms with E-state index in [2.05, 4.69) is 20.6 Å². The van der Waals surface area contributed by atoms with Crippen molar-refractivity contribution >= 4 is 23.3 Å². The van der Waals surface area contributed by atoms with Gasteiger partial charge >= 0.3 is 6.03 Å². The molecular formula is C28H27N5O4. The summed E-state index contributed by atoms with van der Waals surface area (Å²) >= 11 is 0. The van der Waals surface area contributed by atoms with Crippen LogP contribution in [0, 0.1) is 6.92 Å². The molecule has 3 amide bonds. The Hall–Kier alpha value is -4.63. The second-order valence-electron chi connectivity index (χ2n) is 8.95. The van der Waals surface area contributed by atoms with E-state index < -0.39 is 6.10 Å². The van der Waals surface area contributed by atoms with Crippen LogP contribution in [0.2, 0.25) is 0 Å². The van der Waals surface area contributed by atoms with Gasteiger partial charge < -0.3 is 30.4 Å². The lowest BCUT2D eigenvalue weighted by molar-refractivity contribution is 0.0765. The zero-order valence-electron chi connectivity index (χ0n) is 20.3. The molecule has 5 rings (SSSR count). The average Bonchev–Trinajstić information content (AvgIpc) is 3.55. The zero-order chi connectivity index (χ0) is 25.8. The van der Waals surface area contributed by atoms with Gasteiger partial charge in [0.05, 0.1) is 23.1 Å². The molecule has 1 aliphatic heterocycles. The van der Waals surface area contributed by atoms with E-state index in [1.54, 1.807) is 59.8 Å². The molecule has 0 saturated carbocycles. The molecule has 0 bridgehead atoms. The predicted molar refractivity (Wildman–Crippen MR) is 141 cm³/mol. The Balaban J connectivity index is 1.20. The maximum absolute atomic E-state index is 12.7. The Morgan fingerprint density at radius 2 is 1.84 bits per heavy atom. The second-order valence-corrected chi connectivity index (χ2v) is 8.95. The molecule has 188 valence electrons. The summed E-state index contributed by atoms with van der Waals surface area (Å²) in [5.74, 6) is 1.05. The molecule has 1 atom stereocenters. The number of aromatic amines is 1. The number of nitrogens with zero attached hydrogens (tertiary/aromatic N) is 2. The smallest absolute Gasteiger partial charge is 0.323 e. The van der Waals surface area contributed by atoms with E-state index in [-0.39, 0.29) is 11.9 Å². The van der Waals surface area contributed by atoms with Crippen LogP contribution in [-0.2, 0) is 0 Å². The van der Waals surface area contributed by atoms with E-state index in [0.717, 1.165) is 11.3 Å². The first-order chi connectivity index (χ1) is 17.9. The van der Waals surface area contributed by atoms with Crippen molar-refractivity contribution in [3.05, 3.63) is 90.3 Å². The van der Waals surface area contributed by atoms with E-state index in [1.165, 1.54) is 0 Å². The lowest BCUT2D eigenvalue weighted by Gasteiger charge is -2.13. The number of aryl methyl sites for hydroxylation is 1. The first-order valence-corrected chi connectivity index (χ1v) is 12.0. The van der Waals surface area contributed by atoms with Crippen molar-refractivity contribution in [2.75, 3.05) is 23.7 Å². The van der Waals surface area contributed by atoms with Gasteiger partial charge in [-0.3, -0.25) is 9.78 Å². The maximum atomic E-state index is 12.7. The number of aliphatic hydroxyl groups excluding tert-OH is 1. The zero-order valence-corrected chi connectivity index (χ0v) is 20.3.